The van der Waals surface area contributed by atoms with Crippen molar-refractivity contribution < 1.29 is 47.6 Å². The molecule has 0 saturated carbocycles. The number of carboxylic acid groups (broad SMARTS) is 1. The van der Waals surface area contributed by atoms with Crippen molar-refractivity contribution in [3.63, 3.8) is 0 Å². The van der Waals surface area contributed by atoms with Gasteiger partial charge in [0.2, 0.25) is 0 Å². The van der Waals surface area contributed by atoms with Crippen LogP contribution in [0.1, 0.15) is 36.6 Å². The van der Waals surface area contributed by atoms with Crippen LogP contribution in [0.5, 0.6) is 11.5 Å². The van der Waals surface area contributed by atoms with Crippen LogP contribution in [-0.2, 0) is 9.47 Å². The Morgan fingerprint density at radius 3 is 2.24 bits per heavy atom. The molecule has 2 aromatic carbocycles. The van der Waals surface area contributed by atoms with E-state index in [0.29, 0.717) is 5.56 Å². The molecule has 214 valence electrons. The number of halogens is 1. The monoisotopic (exact) mass is 567 g/mol. The zero-order valence-electron chi connectivity index (χ0n) is 22.0. The predicted octanol–water partition coefficient (Wildman–Crippen LogP) is 2.76. The fraction of sp³-hybridized carbons (Fsp3) is 0.250. The highest BCUT2D eigenvalue weighted by Crippen LogP contribution is 2.31. The SMILES string of the molecule is COCOc1ccc(OC)c(F)c1C(=O)c1ccc(C(=O)OC2CN(C(=O)O)CC2NC(=O)c2ccncc2)cc1. The van der Waals surface area contributed by atoms with Crippen LogP contribution in [0.15, 0.2) is 60.9 Å². The molecule has 2 N–H and O–H groups in total. The van der Waals surface area contributed by atoms with Crippen LogP contribution in [0.25, 0.3) is 0 Å². The van der Waals surface area contributed by atoms with Gasteiger partial charge in [0, 0.05) is 37.2 Å². The molecule has 2 unspecified atom stereocenters. The quantitative estimate of drug-likeness (QED) is 0.212. The van der Waals surface area contributed by atoms with E-state index in [1.807, 2.05) is 0 Å². The highest BCUT2D eigenvalue weighted by atomic mass is 19.1. The summed E-state index contributed by atoms with van der Waals surface area (Å²) in [6.07, 6.45) is 0.676. The summed E-state index contributed by atoms with van der Waals surface area (Å²) in [6, 6.07) is 10.1. The van der Waals surface area contributed by atoms with Gasteiger partial charge in [0.05, 0.1) is 25.3 Å². The number of aromatic nitrogens is 1. The number of nitrogens with one attached hydrogen (secondary N) is 1. The second kappa shape index (κ2) is 12.9. The minimum Gasteiger partial charge on any atom is -0.494 e. The number of methoxy groups -OCH3 is 2. The Hall–Kier alpha value is -5.04. The first-order valence-corrected chi connectivity index (χ1v) is 12.3. The van der Waals surface area contributed by atoms with Crippen molar-refractivity contribution in [2.75, 3.05) is 34.1 Å². The number of pyridine rings is 1. The van der Waals surface area contributed by atoms with Gasteiger partial charge in [-0.1, -0.05) is 12.1 Å². The van der Waals surface area contributed by atoms with Gasteiger partial charge in [-0.2, -0.15) is 0 Å². The minimum absolute atomic E-state index is 0.0522. The van der Waals surface area contributed by atoms with E-state index in [1.165, 1.54) is 75.1 Å². The lowest BCUT2D eigenvalue weighted by atomic mass is 10.00. The van der Waals surface area contributed by atoms with Crippen LogP contribution < -0.4 is 14.8 Å². The van der Waals surface area contributed by atoms with E-state index < -0.39 is 41.7 Å². The number of hydrogen-bond donors (Lipinski definition) is 2. The second-order valence-electron chi connectivity index (χ2n) is 8.86. The molecule has 1 fully saturated rings. The standard InChI is InChI=1S/C28H26FN3O9/c1-38-15-40-20-7-8-21(39-2)24(29)23(20)25(33)16-3-5-18(6-4-16)27(35)41-22-14-32(28(36)37)13-19(22)31-26(34)17-9-11-30-12-10-17/h3-12,19,22H,13-15H2,1-2H3,(H,31,34)(H,36,37). The molecule has 1 aromatic heterocycles. The smallest absolute Gasteiger partial charge is 0.407 e. The first-order valence-electron chi connectivity index (χ1n) is 12.3. The minimum atomic E-state index is -1.23. The molecule has 1 saturated heterocycles. The van der Waals surface area contributed by atoms with E-state index in [9.17, 15) is 24.3 Å². The first kappa shape index (κ1) is 29.0. The van der Waals surface area contributed by atoms with Gasteiger partial charge in [-0.25, -0.2) is 14.0 Å². The Balaban J connectivity index is 1.50. The second-order valence-corrected chi connectivity index (χ2v) is 8.86. The molecule has 2 amide bonds. The summed E-state index contributed by atoms with van der Waals surface area (Å²) in [4.78, 5) is 55.2. The number of rotatable bonds is 10. The number of nitrogens with zero attached hydrogens (tertiary/aromatic N) is 2. The molecule has 3 aromatic rings. The van der Waals surface area contributed by atoms with Gasteiger partial charge >= 0.3 is 12.1 Å². The van der Waals surface area contributed by atoms with Crippen LogP contribution in [0.3, 0.4) is 0 Å². The Kier molecular flexibility index (Phi) is 9.09. The third-order valence-corrected chi connectivity index (χ3v) is 6.28. The zero-order valence-corrected chi connectivity index (χ0v) is 22.0. The number of benzene rings is 2. The summed E-state index contributed by atoms with van der Waals surface area (Å²) >= 11 is 0. The summed E-state index contributed by atoms with van der Waals surface area (Å²) in [5.41, 5.74) is 0.0412. The zero-order chi connectivity index (χ0) is 29.5. The molecule has 0 radical (unpaired) electrons. The maximum atomic E-state index is 15.0. The van der Waals surface area contributed by atoms with E-state index in [-0.39, 0.29) is 48.1 Å². The number of amides is 2. The Bertz CT molecular complexity index is 1430. The first-order chi connectivity index (χ1) is 19.7. The summed E-state index contributed by atoms with van der Waals surface area (Å²) in [5, 5.41) is 12.1. The average Bonchev–Trinajstić information content (AvgIpc) is 3.38. The van der Waals surface area contributed by atoms with Crippen LogP contribution in [0, 0.1) is 5.82 Å². The average molecular weight is 568 g/mol. The number of likely N-dealkylation sites (tertiary alicyclic amines) is 1. The van der Waals surface area contributed by atoms with E-state index in [1.54, 1.807) is 0 Å². The van der Waals surface area contributed by atoms with E-state index >= 15 is 4.39 Å². The Labute approximate surface area is 233 Å². The molecular formula is C28H26FN3O9. The summed E-state index contributed by atoms with van der Waals surface area (Å²) in [6.45, 7) is -0.462. The third-order valence-electron chi connectivity index (χ3n) is 6.28. The molecule has 2 atom stereocenters. The molecule has 13 heteroatoms. The van der Waals surface area contributed by atoms with Crippen LogP contribution in [0.4, 0.5) is 9.18 Å². The molecule has 41 heavy (non-hydrogen) atoms. The van der Waals surface area contributed by atoms with Crippen LogP contribution >= 0.6 is 0 Å². The van der Waals surface area contributed by atoms with Crippen LogP contribution in [-0.4, -0.2) is 85.0 Å². The number of ether oxygens (including phenoxy) is 4. The van der Waals surface area contributed by atoms with Gasteiger partial charge < -0.3 is 34.3 Å². The highest BCUT2D eigenvalue weighted by molar-refractivity contribution is 6.11. The van der Waals surface area contributed by atoms with Gasteiger partial charge in [0.1, 0.15) is 17.4 Å². The lowest BCUT2D eigenvalue weighted by molar-refractivity contribution is 0.0266. The third kappa shape index (κ3) is 6.58. The number of ketones is 1. The Morgan fingerprint density at radius 2 is 1.61 bits per heavy atom. The number of carbonyl (C=O) groups is 4. The molecule has 0 aliphatic carbocycles. The predicted molar refractivity (Wildman–Crippen MR) is 140 cm³/mol. The maximum Gasteiger partial charge on any atom is 0.407 e. The fourth-order valence-electron chi connectivity index (χ4n) is 4.20. The molecule has 1 aliphatic heterocycles. The normalized spacial score (nSPS) is 16.1. The summed E-state index contributed by atoms with van der Waals surface area (Å²) in [7, 11) is 2.64. The van der Waals surface area contributed by atoms with Crippen molar-refractivity contribution in [3.05, 3.63) is 89.0 Å². The van der Waals surface area contributed by atoms with Gasteiger partial charge in [0.25, 0.3) is 5.91 Å². The van der Waals surface area contributed by atoms with Gasteiger partial charge in [0.15, 0.2) is 24.1 Å². The van der Waals surface area contributed by atoms with Gasteiger partial charge in [-0.3, -0.25) is 14.6 Å². The van der Waals surface area contributed by atoms with Crippen LogP contribution in [0.2, 0.25) is 0 Å². The molecule has 0 bridgehead atoms. The van der Waals surface area contributed by atoms with Gasteiger partial charge in [-0.15, -0.1) is 0 Å². The maximum absolute atomic E-state index is 15.0. The number of esters is 1. The van der Waals surface area contributed by atoms with Crippen molar-refractivity contribution in [2.24, 2.45) is 0 Å². The molecule has 12 nitrogen and oxygen atoms in total. The van der Waals surface area contributed by atoms with Crippen molar-refractivity contribution in [1.29, 1.82) is 0 Å². The number of carbonyl (C=O) groups excluding carboxylic acids is 3. The molecule has 1 aliphatic rings. The lowest BCUT2D eigenvalue weighted by Gasteiger charge is -2.20. The van der Waals surface area contributed by atoms with Crippen molar-refractivity contribution in [2.45, 2.75) is 12.1 Å². The van der Waals surface area contributed by atoms with Crippen molar-refractivity contribution in [1.82, 2.24) is 15.2 Å². The lowest BCUT2D eigenvalue weighted by Crippen LogP contribution is -2.44. The molecular weight excluding hydrogens is 541 g/mol. The molecule has 4 rings (SSSR count). The molecule has 2 heterocycles. The van der Waals surface area contributed by atoms with Crippen molar-refractivity contribution in [3.8, 4) is 11.5 Å². The largest absolute Gasteiger partial charge is 0.494 e. The van der Waals surface area contributed by atoms with Crippen molar-refractivity contribution >= 4 is 23.8 Å². The van der Waals surface area contributed by atoms with Gasteiger partial charge in [-0.05, 0) is 36.4 Å². The summed E-state index contributed by atoms with van der Waals surface area (Å²) < 4.78 is 35.8. The Morgan fingerprint density at radius 1 is 0.951 bits per heavy atom. The molecule has 0 spiro atoms. The van der Waals surface area contributed by atoms with E-state index in [4.69, 9.17) is 18.9 Å². The summed E-state index contributed by atoms with van der Waals surface area (Å²) in [5.74, 6) is -3.13. The topological polar surface area (TPSA) is 154 Å². The fourth-order valence-corrected chi connectivity index (χ4v) is 4.20. The number of hydrogen-bond acceptors (Lipinski definition) is 9. The van der Waals surface area contributed by atoms with E-state index in [0.717, 1.165) is 4.90 Å². The van der Waals surface area contributed by atoms with E-state index in [2.05, 4.69) is 10.3 Å². The highest BCUT2D eigenvalue weighted by Gasteiger charge is 2.39.